The van der Waals surface area contributed by atoms with Gasteiger partial charge >= 0.3 is 6.18 Å². The zero-order valence-electron chi connectivity index (χ0n) is 13.1. The van der Waals surface area contributed by atoms with E-state index >= 15 is 0 Å². The van der Waals surface area contributed by atoms with Gasteiger partial charge in [0.05, 0.1) is 12.0 Å². The predicted octanol–water partition coefficient (Wildman–Crippen LogP) is 2.53. The summed E-state index contributed by atoms with van der Waals surface area (Å²) in [6, 6.07) is 6.24. The van der Waals surface area contributed by atoms with Gasteiger partial charge < -0.3 is 10.2 Å². The number of nitrogens with one attached hydrogen (secondary N) is 1. The number of nitrogens with zero attached hydrogens (tertiary/aromatic N) is 1. The number of rotatable bonds is 3. The second-order valence-corrected chi connectivity index (χ2v) is 6.33. The van der Waals surface area contributed by atoms with E-state index in [1.54, 1.807) is 29.2 Å². The highest BCUT2D eigenvalue weighted by Crippen LogP contribution is 2.30. The SMILES string of the molecule is O=C1NC[C@@H]2[C@H]1CCCN2C(=O)c1ccccc1CCC(F)(F)F. The van der Waals surface area contributed by atoms with Gasteiger partial charge in [0, 0.05) is 25.1 Å². The topological polar surface area (TPSA) is 49.4 Å². The number of alkyl halides is 3. The van der Waals surface area contributed by atoms with E-state index < -0.39 is 12.6 Å². The summed E-state index contributed by atoms with van der Waals surface area (Å²) in [4.78, 5) is 26.4. The van der Waals surface area contributed by atoms with Crippen molar-refractivity contribution in [2.45, 2.75) is 37.9 Å². The number of piperidine rings is 1. The Balaban J connectivity index is 1.81. The molecule has 2 heterocycles. The van der Waals surface area contributed by atoms with E-state index in [1.165, 1.54) is 0 Å². The van der Waals surface area contributed by atoms with Crippen molar-refractivity contribution in [1.82, 2.24) is 10.2 Å². The maximum Gasteiger partial charge on any atom is 0.389 e. The van der Waals surface area contributed by atoms with E-state index in [4.69, 9.17) is 0 Å². The lowest BCUT2D eigenvalue weighted by Gasteiger charge is -2.36. The van der Waals surface area contributed by atoms with Crippen LogP contribution in [0.15, 0.2) is 24.3 Å². The molecular formula is C17H19F3N2O2. The van der Waals surface area contributed by atoms with Crippen molar-refractivity contribution in [3.05, 3.63) is 35.4 Å². The molecule has 1 N–H and O–H groups in total. The first-order chi connectivity index (χ1) is 11.4. The Kier molecular flexibility index (Phi) is 4.51. The Bertz CT molecular complexity index is 645. The summed E-state index contributed by atoms with van der Waals surface area (Å²) >= 11 is 0. The molecule has 1 aromatic carbocycles. The fourth-order valence-electron chi connectivity index (χ4n) is 3.58. The molecule has 0 radical (unpaired) electrons. The molecule has 1 aromatic rings. The zero-order chi connectivity index (χ0) is 17.3. The molecule has 0 spiro atoms. The average Bonchev–Trinajstić information content (AvgIpc) is 2.93. The lowest BCUT2D eigenvalue weighted by atomic mass is 9.90. The van der Waals surface area contributed by atoms with Crippen molar-refractivity contribution in [2.75, 3.05) is 13.1 Å². The number of amides is 2. The predicted molar refractivity (Wildman–Crippen MR) is 81.4 cm³/mol. The fraction of sp³-hybridized carbons (Fsp3) is 0.529. The second-order valence-electron chi connectivity index (χ2n) is 6.33. The van der Waals surface area contributed by atoms with Crippen LogP contribution in [-0.2, 0) is 11.2 Å². The summed E-state index contributed by atoms with van der Waals surface area (Å²) in [5.74, 6) is -0.521. The van der Waals surface area contributed by atoms with Gasteiger partial charge in [0.15, 0.2) is 0 Å². The molecule has 2 aliphatic heterocycles. The van der Waals surface area contributed by atoms with Crippen LogP contribution in [0.3, 0.4) is 0 Å². The highest BCUT2D eigenvalue weighted by atomic mass is 19.4. The number of likely N-dealkylation sites (tertiary alicyclic amines) is 1. The van der Waals surface area contributed by atoms with E-state index in [0.717, 1.165) is 12.8 Å². The minimum atomic E-state index is -4.26. The van der Waals surface area contributed by atoms with Crippen LogP contribution in [0.25, 0.3) is 0 Å². The Morgan fingerprint density at radius 2 is 2.04 bits per heavy atom. The number of carbonyl (C=O) groups excluding carboxylic acids is 2. The molecule has 2 atom stereocenters. The van der Waals surface area contributed by atoms with Crippen molar-refractivity contribution in [3.8, 4) is 0 Å². The molecule has 2 aliphatic rings. The third-order valence-corrected chi connectivity index (χ3v) is 4.79. The van der Waals surface area contributed by atoms with Crippen LogP contribution in [0.1, 0.15) is 35.2 Å². The summed E-state index contributed by atoms with van der Waals surface area (Å²) in [5.41, 5.74) is 0.709. The monoisotopic (exact) mass is 340 g/mol. The van der Waals surface area contributed by atoms with Crippen LogP contribution in [-0.4, -0.2) is 42.0 Å². The Hall–Kier alpha value is -2.05. The van der Waals surface area contributed by atoms with Gasteiger partial charge in [-0.15, -0.1) is 0 Å². The standard InChI is InChI=1S/C17H19F3N2O2/c18-17(19,20)8-7-11-4-1-2-5-12(11)16(24)22-9-3-6-13-14(22)10-21-15(13)23/h1-2,4-5,13-14H,3,6-10H2,(H,21,23)/t13-,14-/m1/s1. The van der Waals surface area contributed by atoms with E-state index in [9.17, 15) is 22.8 Å². The maximum absolute atomic E-state index is 12.9. The summed E-state index contributed by atoms with van der Waals surface area (Å²) in [6.45, 7) is 0.947. The van der Waals surface area contributed by atoms with E-state index in [0.29, 0.717) is 24.2 Å². The third kappa shape index (κ3) is 3.39. The highest BCUT2D eigenvalue weighted by Gasteiger charge is 2.43. The molecule has 4 nitrogen and oxygen atoms in total. The number of hydrogen-bond donors (Lipinski definition) is 1. The molecule has 0 saturated carbocycles. The van der Waals surface area contributed by atoms with Crippen LogP contribution in [0.5, 0.6) is 0 Å². The molecule has 3 rings (SSSR count). The van der Waals surface area contributed by atoms with Crippen molar-refractivity contribution < 1.29 is 22.8 Å². The molecule has 2 amide bonds. The van der Waals surface area contributed by atoms with Crippen molar-refractivity contribution >= 4 is 11.8 Å². The van der Waals surface area contributed by atoms with Crippen molar-refractivity contribution in [1.29, 1.82) is 0 Å². The van der Waals surface area contributed by atoms with Crippen LogP contribution in [0.4, 0.5) is 13.2 Å². The van der Waals surface area contributed by atoms with Gasteiger partial charge in [-0.05, 0) is 30.9 Å². The van der Waals surface area contributed by atoms with Gasteiger partial charge in [0.25, 0.3) is 5.91 Å². The van der Waals surface area contributed by atoms with Crippen molar-refractivity contribution in [2.24, 2.45) is 5.92 Å². The molecule has 0 aromatic heterocycles. The first kappa shape index (κ1) is 16.8. The fourth-order valence-corrected chi connectivity index (χ4v) is 3.58. The second kappa shape index (κ2) is 6.45. The number of halogens is 3. The van der Waals surface area contributed by atoms with Gasteiger partial charge in [-0.3, -0.25) is 9.59 Å². The van der Waals surface area contributed by atoms with Gasteiger partial charge in [-0.25, -0.2) is 0 Å². The number of fused-ring (bicyclic) bond motifs is 1. The maximum atomic E-state index is 12.9. The molecule has 2 fully saturated rings. The summed E-state index contributed by atoms with van der Waals surface area (Å²) < 4.78 is 37.5. The molecule has 2 saturated heterocycles. The molecule has 0 aliphatic carbocycles. The van der Waals surface area contributed by atoms with Gasteiger partial charge in [0.2, 0.25) is 5.91 Å². The Morgan fingerprint density at radius 3 is 2.79 bits per heavy atom. The summed E-state index contributed by atoms with van der Waals surface area (Å²) in [6.07, 6.45) is -3.96. The number of carbonyl (C=O) groups is 2. The van der Waals surface area contributed by atoms with Crippen LogP contribution >= 0.6 is 0 Å². The van der Waals surface area contributed by atoms with E-state index in [-0.39, 0.29) is 30.2 Å². The molecule has 24 heavy (non-hydrogen) atoms. The van der Waals surface area contributed by atoms with Gasteiger partial charge in [0.1, 0.15) is 0 Å². The molecule has 0 bridgehead atoms. The number of hydrogen-bond acceptors (Lipinski definition) is 2. The average molecular weight is 340 g/mol. The third-order valence-electron chi connectivity index (χ3n) is 4.79. The Labute approximate surface area is 138 Å². The summed E-state index contributed by atoms with van der Waals surface area (Å²) in [5, 5.41) is 2.78. The van der Waals surface area contributed by atoms with Crippen molar-refractivity contribution in [3.63, 3.8) is 0 Å². The highest BCUT2D eigenvalue weighted by molar-refractivity contribution is 5.97. The first-order valence-electron chi connectivity index (χ1n) is 8.10. The minimum Gasteiger partial charge on any atom is -0.354 e. The lowest BCUT2D eigenvalue weighted by Crippen LogP contribution is -2.48. The number of benzene rings is 1. The van der Waals surface area contributed by atoms with Crippen LogP contribution in [0.2, 0.25) is 0 Å². The van der Waals surface area contributed by atoms with Gasteiger partial charge in [-0.1, -0.05) is 18.2 Å². The molecule has 7 heteroatoms. The van der Waals surface area contributed by atoms with Crippen LogP contribution in [0, 0.1) is 5.92 Å². The molecule has 0 unspecified atom stereocenters. The largest absolute Gasteiger partial charge is 0.389 e. The smallest absolute Gasteiger partial charge is 0.354 e. The van der Waals surface area contributed by atoms with E-state index in [1.807, 2.05) is 0 Å². The first-order valence-corrected chi connectivity index (χ1v) is 8.10. The molecular weight excluding hydrogens is 321 g/mol. The minimum absolute atomic E-state index is 0.0390. The van der Waals surface area contributed by atoms with E-state index in [2.05, 4.69) is 5.32 Å². The summed E-state index contributed by atoms with van der Waals surface area (Å²) in [7, 11) is 0. The van der Waals surface area contributed by atoms with Gasteiger partial charge in [-0.2, -0.15) is 13.2 Å². The number of aryl methyl sites for hydroxylation is 1. The molecule has 130 valence electrons. The lowest BCUT2D eigenvalue weighted by molar-refractivity contribution is -0.134. The Morgan fingerprint density at radius 1 is 1.29 bits per heavy atom. The van der Waals surface area contributed by atoms with Crippen LogP contribution < -0.4 is 5.32 Å². The quantitative estimate of drug-likeness (QED) is 0.919. The zero-order valence-corrected chi connectivity index (χ0v) is 13.1. The normalized spacial score (nSPS) is 23.8.